The van der Waals surface area contributed by atoms with E-state index in [0.29, 0.717) is 22.3 Å². The number of hydrogen-bond acceptors (Lipinski definition) is 7. The molecule has 0 spiro atoms. The molecule has 3 aromatic heterocycles. The third-order valence-electron chi connectivity index (χ3n) is 4.74. The molecule has 0 fully saturated rings. The number of amides is 1. The maximum atomic E-state index is 12.5. The molecule has 0 bridgehead atoms. The molecule has 0 saturated carbocycles. The highest BCUT2D eigenvalue weighted by Crippen LogP contribution is 2.38. The molecule has 2 N–H and O–H groups in total. The fraction of sp³-hybridized carbons (Fsp3) is 0.0909. The average Bonchev–Trinajstić information content (AvgIpc) is 2.82. The number of pyridine rings is 3. The molecule has 0 saturated heterocycles. The van der Waals surface area contributed by atoms with E-state index in [1.807, 2.05) is 36.4 Å². The third kappa shape index (κ3) is 4.43. The van der Waals surface area contributed by atoms with Crippen molar-refractivity contribution >= 4 is 41.6 Å². The van der Waals surface area contributed by atoms with E-state index < -0.39 is 5.91 Å². The van der Waals surface area contributed by atoms with Crippen LogP contribution in [0.2, 0.25) is 0 Å². The van der Waals surface area contributed by atoms with E-state index >= 15 is 0 Å². The Bertz CT molecular complexity index is 1220. The van der Waals surface area contributed by atoms with Gasteiger partial charge in [-0.3, -0.25) is 20.0 Å². The first-order valence-electron chi connectivity index (χ1n) is 9.03. The van der Waals surface area contributed by atoms with Crippen LogP contribution in [0.15, 0.2) is 61.2 Å². The fourth-order valence-electron chi connectivity index (χ4n) is 3.33. The maximum Gasteiger partial charge on any atom is 0.279 e. The van der Waals surface area contributed by atoms with E-state index in [1.54, 1.807) is 17.9 Å². The molecule has 8 nitrogen and oxygen atoms in total. The highest BCUT2D eigenvalue weighted by Gasteiger charge is 2.24. The molecule has 0 aliphatic heterocycles. The number of halogens is 2. The lowest BCUT2D eigenvalue weighted by atomic mass is 10.00. The van der Waals surface area contributed by atoms with Crippen molar-refractivity contribution in [3.8, 4) is 33.9 Å². The Morgan fingerprint density at radius 1 is 0.875 bits per heavy atom. The normalized spacial score (nSPS) is 9.97. The minimum absolute atomic E-state index is 0. The van der Waals surface area contributed by atoms with Crippen LogP contribution in [-0.2, 0) is 0 Å². The van der Waals surface area contributed by atoms with E-state index in [4.69, 9.17) is 14.5 Å². The summed E-state index contributed by atoms with van der Waals surface area (Å²) >= 11 is 0. The van der Waals surface area contributed by atoms with Gasteiger partial charge in [-0.2, -0.15) is 0 Å². The van der Waals surface area contributed by atoms with Crippen LogP contribution in [0, 0.1) is 0 Å². The fourth-order valence-corrected chi connectivity index (χ4v) is 3.33. The summed E-state index contributed by atoms with van der Waals surface area (Å²) < 4.78 is 10.9. The van der Waals surface area contributed by atoms with Gasteiger partial charge in [0.05, 0.1) is 26.0 Å². The first-order valence-corrected chi connectivity index (χ1v) is 9.03. The first kappa shape index (κ1) is 24.8. The quantitative estimate of drug-likeness (QED) is 0.327. The predicted octanol–water partition coefficient (Wildman–Crippen LogP) is 4.34. The Hall–Kier alpha value is -3.46. The first-order chi connectivity index (χ1) is 14.7. The van der Waals surface area contributed by atoms with Gasteiger partial charge in [0.1, 0.15) is 11.2 Å². The van der Waals surface area contributed by atoms with Gasteiger partial charge in [-0.15, -0.1) is 24.8 Å². The van der Waals surface area contributed by atoms with Gasteiger partial charge in [-0.05, 0) is 23.3 Å². The van der Waals surface area contributed by atoms with E-state index in [9.17, 15) is 10.0 Å². The largest absolute Gasteiger partial charge is 0.494 e. The Balaban J connectivity index is 0.00000181. The molecule has 0 aliphatic carbocycles. The molecule has 1 aromatic carbocycles. The van der Waals surface area contributed by atoms with Gasteiger partial charge in [0.15, 0.2) is 11.5 Å². The van der Waals surface area contributed by atoms with Gasteiger partial charge in [0, 0.05) is 29.5 Å². The highest BCUT2D eigenvalue weighted by atomic mass is 35.5. The van der Waals surface area contributed by atoms with Crippen molar-refractivity contribution in [1.29, 1.82) is 0 Å². The Morgan fingerprint density at radius 3 is 2.09 bits per heavy atom. The molecular weight excluding hydrogens is 455 g/mol. The van der Waals surface area contributed by atoms with Gasteiger partial charge in [0.25, 0.3) is 5.91 Å². The number of rotatable bonds is 5. The van der Waals surface area contributed by atoms with Crippen molar-refractivity contribution in [3.05, 3.63) is 66.7 Å². The Labute approximate surface area is 196 Å². The molecule has 1 amide bonds. The van der Waals surface area contributed by atoms with Crippen LogP contribution in [0.4, 0.5) is 0 Å². The van der Waals surface area contributed by atoms with Crippen LogP contribution in [0.1, 0.15) is 10.4 Å². The number of benzene rings is 1. The summed E-state index contributed by atoms with van der Waals surface area (Å²) in [5.74, 6) is -0.110. The lowest BCUT2D eigenvalue weighted by Crippen LogP contribution is -2.20. The number of hydroxylamine groups is 1. The molecule has 32 heavy (non-hydrogen) atoms. The van der Waals surface area contributed by atoms with Crippen molar-refractivity contribution in [2.75, 3.05) is 14.2 Å². The lowest BCUT2D eigenvalue weighted by molar-refractivity contribution is 0.0705. The van der Waals surface area contributed by atoms with Gasteiger partial charge >= 0.3 is 0 Å². The smallest absolute Gasteiger partial charge is 0.279 e. The van der Waals surface area contributed by atoms with E-state index in [0.717, 1.165) is 16.7 Å². The van der Waals surface area contributed by atoms with Crippen molar-refractivity contribution < 1.29 is 19.5 Å². The number of aromatic nitrogens is 3. The summed E-state index contributed by atoms with van der Waals surface area (Å²) in [5, 5.41) is 9.68. The van der Waals surface area contributed by atoms with Crippen LogP contribution >= 0.6 is 24.8 Å². The summed E-state index contributed by atoms with van der Waals surface area (Å²) in [6.07, 6.45) is 6.46. The number of ether oxygens (including phenoxy) is 2. The molecule has 166 valence electrons. The van der Waals surface area contributed by atoms with Gasteiger partial charge in [-0.1, -0.05) is 24.3 Å². The molecular formula is C22H20Cl2N4O4. The van der Waals surface area contributed by atoms with Gasteiger partial charge < -0.3 is 9.47 Å². The summed E-state index contributed by atoms with van der Waals surface area (Å²) in [6, 6.07) is 11.5. The number of nitrogens with zero attached hydrogens (tertiary/aromatic N) is 3. The number of carbonyl (C=O) groups excluding carboxylic acids is 1. The maximum absolute atomic E-state index is 12.5. The summed E-state index contributed by atoms with van der Waals surface area (Å²) in [7, 11) is 2.94. The zero-order valence-corrected chi connectivity index (χ0v) is 18.7. The number of methoxy groups -OCH3 is 2. The van der Waals surface area contributed by atoms with Crippen LogP contribution < -0.4 is 15.0 Å². The van der Waals surface area contributed by atoms with Crippen molar-refractivity contribution in [1.82, 2.24) is 20.4 Å². The molecule has 3 heterocycles. The number of carbonyl (C=O) groups is 1. The zero-order chi connectivity index (χ0) is 21.1. The van der Waals surface area contributed by atoms with Gasteiger partial charge in [0.2, 0.25) is 0 Å². The monoisotopic (exact) mass is 474 g/mol. The second kappa shape index (κ2) is 10.7. The van der Waals surface area contributed by atoms with Gasteiger partial charge in [-0.25, -0.2) is 10.5 Å². The topological polar surface area (TPSA) is 106 Å². The second-order valence-corrected chi connectivity index (χ2v) is 6.36. The van der Waals surface area contributed by atoms with Crippen LogP contribution in [-0.4, -0.2) is 40.3 Å². The van der Waals surface area contributed by atoms with E-state index in [2.05, 4.69) is 9.97 Å². The van der Waals surface area contributed by atoms with E-state index in [-0.39, 0.29) is 36.1 Å². The van der Waals surface area contributed by atoms with Crippen LogP contribution in [0.25, 0.3) is 33.3 Å². The molecule has 0 atom stereocenters. The zero-order valence-electron chi connectivity index (χ0n) is 17.1. The van der Waals surface area contributed by atoms with Crippen molar-refractivity contribution in [2.24, 2.45) is 0 Å². The number of fused-ring (bicyclic) bond motifs is 1. The standard InChI is InChI=1S/C22H18N4O4.2ClH/c1-29-17-12-24-11-16-18(22(27)26-28)21(30-2)19(25-20(16)17)15-5-3-13(4-6-15)14-7-9-23-10-8-14;;/h3-12,28H,1-2H3,(H,26,27);2*1H. The van der Waals surface area contributed by atoms with Crippen molar-refractivity contribution in [3.63, 3.8) is 0 Å². The minimum atomic E-state index is -0.732. The van der Waals surface area contributed by atoms with Crippen molar-refractivity contribution in [2.45, 2.75) is 0 Å². The SMILES string of the molecule is COc1c(-c2ccc(-c3ccncc3)cc2)nc2c(OC)cncc2c1C(=O)NO.Cl.Cl. The number of nitrogens with one attached hydrogen (secondary N) is 1. The van der Waals surface area contributed by atoms with Crippen LogP contribution in [0.5, 0.6) is 11.5 Å². The van der Waals surface area contributed by atoms with Crippen LogP contribution in [0.3, 0.4) is 0 Å². The summed E-state index contributed by atoms with van der Waals surface area (Å²) in [4.78, 5) is 25.3. The summed E-state index contributed by atoms with van der Waals surface area (Å²) in [6.45, 7) is 0. The second-order valence-electron chi connectivity index (χ2n) is 6.36. The highest BCUT2D eigenvalue weighted by molar-refractivity contribution is 6.10. The molecule has 4 aromatic rings. The average molecular weight is 475 g/mol. The summed E-state index contributed by atoms with van der Waals surface area (Å²) in [5.41, 5.74) is 5.43. The molecule has 0 aliphatic rings. The molecule has 10 heteroatoms. The predicted molar refractivity (Wildman–Crippen MR) is 125 cm³/mol. The Morgan fingerprint density at radius 2 is 1.50 bits per heavy atom. The molecule has 0 unspecified atom stereocenters. The molecule has 0 radical (unpaired) electrons. The third-order valence-corrected chi connectivity index (χ3v) is 4.74. The molecule has 4 rings (SSSR count). The number of hydrogen-bond donors (Lipinski definition) is 2. The Kier molecular flexibility index (Phi) is 8.31. The van der Waals surface area contributed by atoms with E-state index in [1.165, 1.54) is 26.6 Å². The lowest BCUT2D eigenvalue weighted by Gasteiger charge is -2.16. The minimum Gasteiger partial charge on any atom is -0.494 e.